The molecule has 0 aliphatic heterocycles. The fourth-order valence-corrected chi connectivity index (χ4v) is 3.21. The molecule has 0 saturated carbocycles. The maximum atomic E-state index is 12.9. The predicted octanol–water partition coefficient (Wildman–Crippen LogP) is 4.94. The molecule has 0 saturated heterocycles. The van der Waals surface area contributed by atoms with E-state index in [1.807, 2.05) is 0 Å². The first-order chi connectivity index (χ1) is 12.3. The van der Waals surface area contributed by atoms with Gasteiger partial charge < -0.3 is 15.2 Å². The Morgan fingerprint density at radius 1 is 1.27 bits per heavy atom. The lowest BCUT2D eigenvalue weighted by molar-refractivity contribution is -0.138. The number of esters is 1. The van der Waals surface area contributed by atoms with E-state index in [9.17, 15) is 23.1 Å². The second-order valence-electron chi connectivity index (χ2n) is 5.28. The Morgan fingerprint density at radius 2 is 2.04 bits per heavy atom. The molecule has 1 aromatic heterocycles. The molecule has 0 fully saturated rings. The van der Waals surface area contributed by atoms with Crippen LogP contribution in [0.5, 0.6) is 5.75 Å². The van der Waals surface area contributed by atoms with Gasteiger partial charge >= 0.3 is 12.1 Å². The van der Waals surface area contributed by atoms with Gasteiger partial charge in [0.15, 0.2) is 5.13 Å². The number of halogens is 3. The maximum Gasteiger partial charge on any atom is 0.420 e. The summed E-state index contributed by atoms with van der Waals surface area (Å²) >= 11 is 1.19. The number of fused-ring (bicyclic) bond motifs is 1. The summed E-state index contributed by atoms with van der Waals surface area (Å²) in [5.41, 5.74) is -0.0214. The van der Waals surface area contributed by atoms with Crippen LogP contribution in [0.4, 0.5) is 24.0 Å². The molecule has 3 aromatic rings. The second-order valence-corrected chi connectivity index (χ2v) is 6.31. The fraction of sp³-hybridized carbons (Fsp3) is 0.176. The number of phenolic OH excluding ortho intramolecular Hbond substituents is 1. The average Bonchev–Trinajstić information content (AvgIpc) is 2.97. The highest BCUT2D eigenvalue weighted by atomic mass is 32.1. The van der Waals surface area contributed by atoms with Crippen molar-refractivity contribution >= 4 is 38.3 Å². The summed E-state index contributed by atoms with van der Waals surface area (Å²) in [5.74, 6) is -1.29. The monoisotopic (exact) mass is 382 g/mol. The second kappa shape index (κ2) is 6.83. The molecule has 5 nitrogen and oxygen atoms in total. The van der Waals surface area contributed by atoms with Gasteiger partial charge in [0.05, 0.1) is 28.0 Å². The van der Waals surface area contributed by atoms with Crippen molar-refractivity contribution in [3.05, 3.63) is 47.5 Å². The Labute approximate surface area is 150 Å². The molecule has 1 heterocycles. The molecule has 0 unspecified atom stereocenters. The molecule has 136 valence electrons. The third-order valence-electron chi connectivity index (χ3n) is 3.45. The van der Waals surface area contributed by atoms with Crippen molar-refractivity contribution in [2.45, 2.75) is 13.1 Å². The summed E-state index contributed by atoms with van der Waals surface area (Å²) in [7, 11) is 0. The number of thiazole rings is 1. The largest absolute Gasteiger partial charge is 0.507 e. The van der Waals surface area contributed by atoms with E-state index >= 15 is 0 Å². The molecule has 0 atom stereocenters. The first-order valence-corrected chi connectivity index (χ1v) is 8.34. The fourth-order valence-electron chi connectivity index (χ4n) is 2.28. The summed E-state index contributed by atoms with van der Waals surface area (Å²) in [6.45, 7) is 1.97. The van der Waals surface area contributed by atoms with Gasteiger partial charge in [0.25, 0.3) is 0 Å². The Hall–Kier alpha value is -2.81. The molecule has 2 aromatic carbocycles. The van der Waals surface area contributed by atoms with Crippen LogP contribution in [0, 0.1) is 0 Å². The number of hydrogen-bond donors (Lipinski definition) is 2. The van der Waals surface area contributed by atoms with Crippen LogP contribution in [0.25, 0.3) is 10.2 Å². The summed E-state index contributed by atoms with van der Waals surface area (Å²) in [6.07, 6.45) is -4.66. The topological polar surface area (TPSA) is 71.5 Å². The van der Waals surface area contributed by atoms with Crippen LogP contribution in [-0.2, 0) is 10.9 Å². The van der Waals surface area contributed by atoms with Gasteiger partial charge in [-0.3, -0.25) is 0 Å². The van der Waals surface area contributed by atoms with Crippen LogP contribution in [0.1, 0.15) is 22.8 Å². The van der Waals surface area contributed by atoms with Crippen molar-refractivity contribution < 1.29 is 27.8 Å². The molecule has 9 heteroatoms. The van der Waals surface area contributed by atoms with Gasteiger partial charge in [0, 0.05) is 5.69 Å². The van der Waals surface area contributed by atoms with Crippen LogP contribution in [0.2, 0.25) is 0 Å². The number of rotatable bonds is 4. The standard InChI is InChI=1S/C17H13F3N2O3S/c1-2-25-15(24)9-3-5-12-14(7-9)26-16(22-12)21-10-4-6-13(23)11(8-10)17(18,19)20/h3-8,23H,2H2,1H3,(H,21,22). The van der Waals surface area contributed by atoms with Gasteiger partial charge in [0.1, 0.15) is 5.75 Å². The quantitative estimate of drug-likeness (QED) is 0.494. The Bertz CT molecular complexity index is 970. The van der Waals surface area contributed by atoms with Crippen LogP contribution in [0.15, 0.2) is 36.4 Å². The van der Waals surface area contributed by atoms with E-state index in [-0.39, 0.29) is 12.3 Å². The molecule has 0 bridgehead atoms. The van der Waals surface area contributed by atoms with Crippen molar-refractivity contribution in [1.29, 1.82) is 0 Å². The SMILES string of the molecule is CCOC(=O)c1ccc2nc(Nc3ccc(O)c(C(F)(F)F)c3)sc2c1. The molecular formula is C17H13F3N2O3S. The summed E-state index contributed by atoms with van der Waals surface area (Å²) < 4.78 is 44.2. The van der Waals surface area contributed by atoms with Crippen LogP contribution >= 0.6 is 11.3 Å². The predicted molar refractivity (Wildman–Crippen MR) is 92.0 cm³/mol. The zero-order chi connectivity index (χ0) is 18.9. The number of hydrogen-bond acceptors (Lipinski definition) is 6. The van der Waals surface area contributed by atoms with Crippen LogP contribution < -0.4 is 5.32 Å². The zero-order valence-electron chi connectivity index (χ0n) is 13.4. The third-order valence-corrected chi connectivity index (χ3v) is 4.39. The van der Waals surface area contributed by atoms with E-state index in [0.717, 1.165) is 12.1 Å². The van der Waals surface area contributed by atoms with Crippen molar-refractivity contribution in [2.75, 3.05) is 11.9 Å². The lowest BCUT2D eigenvalue weighted by atomic mass is 10.1. The molecule has 0 aliphatic carbocycles. The van der Waals surface area contributed by atoms with E-state index in [2.05, 4.69) is 10.3 Å². The van der Waals surface area contributed by atoms with E-state index in [1.54, 1.807) is 25.1 Å². The minimum absolute atomic E-state index is 0.139. The van der Waals surface area contributed by atoms with Gasteiger partial charge in [-0.15, -0.1) is 0 Å². The number of phenols is 1. The highest BCUT2D eigenvalue weighted by Crippen LogP contribution is 2.38. The van der Waals surface area contributed by atoms with E-state index in [1.165, 1.54) is 17.4 Å². The summed E-state index contributed by atoms with van der Waals surface area (Å²) in [6, 6.07) is 7.94. The average molecular weight is 382 g/mol. The number of aromatic nitrogens is 1. The molecular weight excluding hydrogens is 369 g/mol. The number of nitrogens with zero attached hydrogens (tertiary/aromatic N) is 1. The maximum absolute atomic E-state index is 12.9. The van der Waals surface area contributed by atoms with Gasteiger partial charge in [-0.05, 0) is 43.3 Å². The van der Waals surface area contributed by atoms with Gasteiger partial charge in [-0.25, -0.2) is 9.78 Å². The first-order valence-electron chi connectivity index (χ1n) is 7.53. The molecule has 2 N–H and O–H groups in total. The van der Waals surface area contributed by atoms with Crippen molar-refractivity contribution in [2.24, 2.45) is 0 Å². The zero-order valence-corrected chi connectivity index (χ0v) is 14.2. The molecule has 26 heavy (non-hydrogen) atoms. The van der Waals surface area contributed by atoms with Gasteiger partial charge in [-0.1, -0.05) is 11.3 Å². The van der Waals surface area contributed by atoms with Crippen LogP contribution in [-0.4, -0.2) is 22.7 Å². The first kappa shape index (κ1) is 18.0. The lowest BCUT2D eigenvalue weighted by Gasteiger charge is -2.11. The number of nitrogens with one attached hydrogen (secondary N) is 1. The minimum atomic E-state index is -4.66. The Kier molecular flexibility index (Phi) is 4.73. The number of carbonyl (C=O) groups is 1. The lowest BCUT2D eigenvalue weighted by Crippen LogP contribution is -2.05. The minimum Gasteiger partial charge on any atom is -0.507 e. The van der Waals surface area contributed by atoms with Crippen molar-refractivity contribution in [3.63, 3.8) is 0 Å². The van der Waals surface area contributed by atoms with Gasteiger partial charge in [-0.2, -0.15) is 13.2 Å². The molecule has 3 rings (SSSR count). The summed E-state index contributed by atoms with van der Waals surface area (Å²) in [5, 5.41) is 12.5. The van der Waals surface area contributed by atoms with E-state index in [0.29, 0.717) is 20.9 Å². The smallest absolute Gasteiger partial charge is 0.420 e. The molecule has 0 radical (unpaired) electrons. The number of anilines is 2. The van der Waals surface area contributed by atoms with Gasteiger partial charge in [0.2, 0.25) is 0 Å². The highest BCUT2D eigenvalue weighted by Gasteiger charge is 2.34. The Balaban J connectivity index is 1.89. The number of aromatic hydroxyl groups is 1. The number of ether oxygens (including phenoxy) is 1. The third kappa shape index (κ3) is 3.72. The molecule has 0 spiro atoms. The number of alkyl halides is 3. The summed E-state index contributed by atoms with van der Waals surface area (Å²) in [4.78, 5) is 16.0. The van der Waals surface area contributed by atoms with Crippen LogP contribution in [0.3, 0.4) is 0 Å². The van der Waals surface area contributed by atoms with E-state index in [4.69, 9.17) is 4.74 Å². The Morgan fingerprint density at radius 3 is 2.73 bits per heavy atom. The van der Waals surface area contributed by atoms with Crippen molar-refractivity contribution in [3.8, 4) is 5.75 Å². The molecule has 0 aliphatic rings. The number of carbonyl (C=O) groups excluding carboxylic acids is 1. The highest BCUT2D eigenvalue weighted by molar-refractivity contribution is 7.22. The van der Waals surface area contributed by atoms with E-state index < -0.39 is 23.5 Å². The number of benzene rings is 2. The molecule has 0 amide bonds. The van der Waals surface area contributed by atoms with Crippen molar-refractivity contribution in [1.82, 2.24) is 4.98 Å². The normalized spacial score (nSPS) is 11.5.